The van der Waals surface area contributed by atoms with Crippen LogP contribution in [0.3, 0.4) is 0 Å². The van der Waals surface area contributed by atoms with Gasteiger partial charge in [-0.25, -0.2) is 4.98 Å². The minimum Gasteiger partial charge on any atom is -0.375 e. The van der Waals surface area contributed by atoms with Gasteiger partial charge in [-0.1, -0.05) is 0 Å². The van der Waals surface area contributed by atoms with Gasteiger partial charge in [0.15, 0.2) is 5.13 Å². The molecule has 1 aromatic heterocycles. The molecule has 1 heterocycles. The van der Waals surface area contributed by atoms with Gasteiger partial charge in [0.2, 0.25) is 0 Å². The molecular formula is C4H3ClN2OS. The monoisotopic (exact) mass is 162 g/mol. The third kappa shape index (κ3) is 1.40. The van der Waals surface area contributed by atoms with E-state index in [1.807, 2.05) is 0 Å². The molecule has 0 aliphatic rings. The van der Waals surface area contributed by atoms with Crippen LogP contribution < -0.4 is 5.73 Å². The number of carbonyl (C=O) groups excluding carboxylic acids is 1. The number of thiazole rings is 1. The van der Waals surface area contributed by atoms with E-state index in [9.17, 15) is 4.79 Å². The van der Waals surface area contributed by atoms with Crippen LogP contribution in [0, 0.1) is 0 Å². The van der Waals surface area contributed by atoms with Crippen molar-refractivity contribution in [2.45, 2.75) is 0 Å². The molecule has 0 unspecified atom stereocenters. The van der Waals surface area contributed by atoms with E-state index < -0.39 is 5.24 Å². The van der Waals surface area contributed by atoms with Crippen LogP contribution in [-0.2, 0) is 0 Å². The molecule has 0 radical (unpaired) electrons. The Bertz CT molecular complexity index is 234. The third-order valence-corrected chi connectivity index (χ3v) is 1.59. The molecule has 5 heteroatoms. The van der Waals surface area contributed by atoms with Crippen LogP contribution in [0.15, 0.2) is 5.38 Å². The van der Waals surface area contributed by atoms with Crippen LogP contribution in [-0.4, -0.2) is 10.2 Å². The number of nitrogens with zero attached hydrogens (tertiary/aromatic N) is 1. The molecule has 1 aromatic rings. The number of hydrogen-bond acceptors (Lipinski definition) is 4. The average molecular weight is 163 g/mol. The molecule has 2 N–H and O–H groups in total. The van der Waals surface area contributed by atoms with Crippen LogP contribution >= 0.6 is 22.9 Å². The summed E-state index contributed by atoms with van der Waals surface area (Å²) < 4.78 is 0. The standard InChI is InChI=1S/C4H3ClN2OS/c5-3(8)2-1-9-4(6)7-2/h1H,(H2,6,7). The number of nitrogens with two attached hydrogens (primary N) is 1. The number of nitrogen functional groups attached to an aromatic ring is 1. The SMILES string of the molecule is Nc1nc(C(=O)Cl)cs1. The maximum absolute atomic E-state index is 10.3. The molecule has 0 aromatic carbocycles. The zero-order valence-corrected chi connectivity index (χ0v) is 5.87. The lowest BCUT2D eigenvalue weighted by Crippen LogP contribution is -1.89. The summed E-state index contributed by atoms with van der Waals surface area (Å²) in [5.74, 6) is 0. The lowest BCUT2D eigenvalue weighted by atomic mass is 10.6. The van der Waals surface area contributed by atoms with Crippen molar-refractivity contribution in [2.24, 2.45) is 0 Å². The molecule has 0 fully saturated rings. The van der Waals surface area contributed by atoms with Gasteiger partial charge in [0.05, 0.1) is 0 Å². The van der Waals surface area contributed by atoms with Gasteiger partial charge in [-0.2, -0.15) is 0 Å². The van der Waals surface area contributed by atoms with Gasteiger partial charge in [0.1, 0.15) is 5.69 Å². The number of anilines is 1. The van der Waals surface area contributed by atoms with Gasteiger partial charge in [-0.15, -0.1) is 11.3 Å². The lowest BCUT2D eigenvalue weighted by Gasteiger charge is -1.77. The maximum atomic E-state index is 10.3. The number of hydrogen-bond donors (Lipinski definition) is 1. The van der Waals surface area contributed by atoms with Crippen molar-refractivity contribution in [1.82, 2.24) is 4.98 Å². The average Bonchev–Trinajstić information content (AvgIpc) is 2.14. The highest BCUT2D eigenvalue weighted by atomic mass is 35.5. The molecule has 0 amide bonds. The van der Waals surface area contributed by atoms with E-state index in [2.05, 4.69) is 4.98 Å². The van der Waals surface area contributed by atoms with Gasteiger partial charge in [0.25, 0.3) is 5.24 Å². The van der Waals surface area contributed by atoms with Gasteiger partial charge in [0, 0.05) is 5.38 Å². The Morgan fingerprint density at radius 1 is 1.89 bits per heavy atom. The molecule has 0 bridgehead atoms. The fourth-order valence-corrected chi connectivity index (χ4v) is 1.08. The Morgan fingerprint density at radius 2 is 2.56 bits per heavy atom. The molecular weight excluding hydrogens is 160 g/mol. The first-order valence-electron chi connectivity index (χ1n) is 2.11. The third-order valence-electron chi connectivity index (χ3n) is 0.723. The van der Waals surface area contributed by atoms with Crippen molar-refractivity contribution in [1.29, 1.82) is 0 Å². The van der Waals surface area contributed by atoms with E-state index in [1.54, 1.807) is 0 Å². The Kier molecular flexibility index (Phi) is 1.68. The summed E-state index contributed by atoms with van der Waals surface area (Å²) in [7, 11) is 0. The molecule has 0 saturated heterocycles. The van der Waals surface area contributed by atoms with Crippen molar-refractivity contribution in [3.05, 3.63) is 11.1 Å². The highest BCUT2D eigenvalue weighted by Crippen LogP contribution is 2.12. The Labute approximate surface area is 60.5 Å². The summed E-state index contributed by atoms with van der Waals surface area (Å²) in [4.78, 5) is 13.9. The first-order valence-corrected chi connectivity index (χ1v) is 3.37. The predicted octanol–water partition coefficient (Wildman–Crippen LogP) is 1.10. The molecule has 9 heavy (non-hydrogen) atoms. The molecule has 48 valence electrons. The van der Waals surface area contributed by atoms with Crippen LogP contribution in [0.1, 0.15) is 10.5 Å². The zero-order chi connectivity index (χ0) is 6.85. The summed E-state index contributed by atoms with van der Waals surface area (Å²) >= 11 is 6.26. The van der Waals surface area contributed by atoms with Crippen molar-refractivity contribution in [3.8, 4) is 0 Å². The van der Waals surface area contributed by atoms with Crippen molar-refractivity contribution in [3.63, 3.8) is 0 Å². The van der Waals surface area contributed by atoms with Crippen LogP contribution in [0.5, 0.6) is 0 Å². The summed E-state index contributed by atoms with van der Waals surface area (Å²) in [5.41, 5.74) is 5.43. The normalized spacial score (nSPS) is 9.44. The number of carbonyl (C=O) groups is 1. The Hall–Kier alpha value is -0.610. The van der Waals surface area contributed by atoms with Crippen LogP contribution in [0.25, 0.3) is 0 Å². The second-order valence-corrected chi connectivity index (χ2v) is 2.58. The van der Waals surface area contributed by atoms with Gasteiger partial charge in [-0.05, 0) is 11.6 Å². The van der Waals surface area contributed by atoms with Crippen LogP contribution in [0.4, 0.5) is 5.13 Å². The number of rotatable bonds is 1. The van der Waals surface area contributed by atoms with Gasteiger partial charge >= 0.3 is 0 Å². The van der Waals surface area contributed by atoms with Crippen molar-refractivity contribution < 1.29 is 4.79 Å². The van der Waals surface area contributed by atoms with E-state index in [-0.39, 0.29) is 5.69 Å². The summed E-state index contributed by atoms with van der Waals surface area (Å²) in [6.45, 7) is 0. The molecule has 0 saturated carbocycles. The van der Waals surface area contributed by atoms with E-state index in [0.717, 1.165) is 0 Å². The smallest absolute Gasteiger partial charge is 0.271 e. The molecule has 1 rings (SSSR count). The maximum Gasteiger partial charge on any atom is 0.271 e. The van der Waals surface area contributed by atoms with Gasteiger partial charge < -0.3 is 5.73 Å². The molecule has 0 aliphatic carbocycles. The first-order chi connectivity index (χ1) is 4.20. The largest absolute Gasteiger partial charge is 0.375 e. The zero-order valence-electron chi connectivity index (χ0n) is 4.30. The van der Waals surface area contributed by atoms with Crippen molar-refractivity contribution >= 4 is 33.3 Å². The minimum atomic E-state index is -0.567. The van der Waals surface area contributed by atoms with Crippen LogP contribution in [0.2, 0.25) is 0 Å². The lowest BCUT2D eigenvalue weighted by molar-refractivity contribution is 0.107. The predicted molar refractivity (Wildman–Crippen MR) is 36.7 cm³/mol. The van der Waals surface area contributed by atoms with E-state index in [1.165, 1.54) is 16.7 Å². The second kappa shape index (κ2) is 2.33. The van der Waals surface area contributed by atoms with Gasteiger partial charge in [-0.3, -0.25) is 4.79 Å². The Balaban J connectivity index is 2.98. The molecule has 0 aliphatic heterocycles. The quantitative estimate of drug-likeness (QED) is 0.630. The van der Waals surface area contributed by atoms with E-state index >= 15 is 0 Å². The van der Waals surface area contributed by atoms with E-state index in [4.69, 9.17) is 17.3 Å². The van der Waals surface area contributed by atoms with E-state index in [0.29, 0.717) is 5.13 Å². The summed E-state index contributed by atoms with van der Waals surface area (Å²) in [6, 6.07) is 0. The summed E-state index contributed by atoms with van der Waals surface area (Å²) in [6.07, 6.45) is 0. The molecule has 3 nitrogen and oxygen atoms in total. The van der Waals surface area contributed by atoms with Crippen molar-refractivity contribution in [2.75, 3.05) is 5.73 Å². The fraction of sp³-hybridized carbons (Fsp3) is 0. The highest BCUT2D eigenvalue weighted by Gasteiger charge is 2.04. The minimum absolute atomic E-state index is 0.221. The molecule has 0 spiro atoms. The fourth-order valence-electron chi connectivity index (χ4n) is 0.378. The molecule has 0 atom stereocenters. The second-order valence-electron chi connectivity index (χ2n) is 1.34. The highest BCUT2D eigenvalue weighted by molar-refractivity contribution is 7.13. The summed E-state index contributed by atoms with van der Waals surface area (Å²) in [5, 5.41) is 1.31. The number of halogens is 1. The number of aromatic nitrogens is 1. The first kappa shape index (κ1) is 6.51. The topological polar surface area (TPSA) is 56.0 Å². The Morgan fingerprint density at radius 3 is 2.78 bits per heavy atom.